The van der Waals surface area contributed by atoms with Crippen LogP contribution in [0.2, 0.25) is 0 Å². The Hall–Kier alpha value is -3.62. The second-order valence-corrected chi connectivity index (χ2v) is 5.58. The first kappa shape index (κ1) is 19.7. The highest BCUT2D eigenvalue weighted by Gasteiger charge is 2.18. The van der Waals surface area contributed by atoms with Crippen LogP contribution in [0.25, 0.3) is 0 Å². The smallest absolute Gasteiger partial charge is 0.270 e. The van der Waals surface area contributed by atoms with Gasteiger partial charge in [-0.2, -0.15) is 0 Å². The van der Waals surface area contributed by atoms with Gasteiger partial charge in [0.25, 0.3) is 11.6 Å². The van der Waals surface area contributed by atoms with Crippen molar-refractivity contribution in [2.45, 2.75) is 6.92 Å². The molecule has 2 aromatic rings. The number of nitrogens with zero attached hydrogens (tertiary/aromatic N) is 1. The third-order valence-corrected chi connectivity index (χ3v) is 3.68. The average molecular weight is 373 g/mol. The number of hydrogen-bond acceptors (Lipinski definition) is 6. The number of nitro groups is 1. The second-order valence-electron chi connectivity index (χ2n) is 5.58. The molecule has 2 aromatic carbocycles. The molecule has 0 saturated heterocycles. The van der Waals surface area contributed by atoms with Crippen LogP contribution in [0.3, 0.4) is 0 Å². The zero-order chi connectivity index (χ0) is 20.0. The fourth-order valence-electron chi connectivity index (χ4n) is 2.36. The Labute approximate surface area is 155 Å². The fraction of sp³-hybridized carbons (Fsp3) is 0.222. The van der Waals surface area contributed by atoms with E-state index in [0.717, 1.165) is 11.6 Å². The number of anilines is 1. The molecule has 0 aliphatic carbocycles. The molecule has 0 atom stereocenters. The molecule has 0 aromatic heterocycles. The van der Waals surface area contributed by atoms with Crippen molar-refractivity contribution in [1.29, 1.82) is 0 Å². The molecule has 0 aliphatic rings. The monoisotopic (exact) mass is 373 g/mol. The van der Waals surface area contributed by atoms with Crippen molar-refractivity contribution >= 4 is 23.2 Å². The van der Waals surface area contributed by atoms with Crippen LogP contribution in [0, 0.1) is 17.0 Å². The largest absolute Gasteiger partial charge is 0.496 e. The molecular formula is C18H19N3O6. The summed E-state index contributed by atoms with van der Waals surface area (Å²) >= 11 is 0. The lowest BCUT2D eigenvalue weighted by Crippen LogP contribution is -2.33. The maximum absolute atomic E-state index is 12.3. The molecule has 142 valence electrons. The van der Waals surface area contributed by atoms with Gasteiger partial charge in [0.05, 0.1) is 36.9 Å². The zero-order valence-corrected chi connectivity index (χ0v) is 15.1. The quantitative estimate of drug-likeness (QED) is 0.567. The number of nitrogens with one attached hydrogen (secondary N) is 2. The van der Waals surface area contributed by atoms with Gasteiger partial charge in [0.1, 0.15) is 11.5 Å². The van der Waals surface area contributed by atoms with Crippen molar-refractivity contribution < 1.29 is 24.0 Å². The van der Waals surface area contributed by atoms with Crippen molar-refractivity contribution in [2.24, 2.45) is 0 Å². The second kappa shape index (κ2) is 8.65. The number of ether oxygens (including phenoxy) is 2. The molecule has 0 spiro atoms. The number of hydrogen-bond donors (Lipinski definition) is 2. The number of benzene rings is 2. The van der Waals surface area contributed by atoms with Crippen molar-refractivity contribution in [2.75, 3.05) is 26.1 Å². The minimum absolute atomic E-state index is 0.0346. The molecule has 0 saturated carbocycles. The summed E-state index contributed by atoms with van der Waals surface area (Å²) in [5.41, 5.74) is 1.11. The minimum Gasteiger partial charge on any atom is -0.496 e. The maximum Gasteiger partial charge on any atom is 0.270 e. The SMILES string of the molecule is COc1ccc(C)cc1NC(=O)CNC(=O)c1cc([N+](=O)[O-])ccc1OC. The predicted octanol–water partition coefficient (Wildman–Crippen LogP) is 2.29. The Morgan fingerprint density at radius 3 is 2.37 bits per heavy atom. The zero-order valence-electron chi connectivity index (χ0n) is 15.1. The summed E-state index contributed by atoms with van der Waals surface area (Å²) in [7, 11) is 2.82. The summed E-state index contributed by atoms with van der Waals surface area (Å²) in [5, 5.41) is 16.0. The van der Waals surface area contributed by atoms with E-state index in [9.17, 15) is 19.7 Å². The number of aryl methyl sites for hydroxylation is 1. The van der Waals surface area contributed by atoms with Crippen molar-refractivity contribution in [3.8, 4) is 11.5 Å². The summed E-state index contributed by atoms with van der Waals surface area (Å²) in [6.45, 7) is 1.53. The molecular weight excluding hydrogens is 354 g/mol. The van der Waals surface area contributed by atoms with Crippen molar-refractivity contribution in [3.05, 3.63) is 57.6 Å². The molecule has 0 heterocycles. The number of carbonyl (C=O) groups excluding carboxylic acids is 2. The van der Waals surface area contributed by atoms with Crippen LogP contribution in [0.5, 0.6) is 11.5 Å². The third kappa shape index (κ3) is 4.94. The average Bonchev–Trinajstić information content (AvgIpc) is 2.65. The van der Waals surface area contributed by atoms with Gasteiger partial charge in [-0.15, -0.1) is 0 Å². The number of nitro benzene ring substituents is 1. The fourth-order valence-corrected chi connectivity index (χ4v) is 2.36. The van der Waals surface area contributed by atoms with E-state index in [1.165, 1.54) is 26.4 Å². The maximum atomic E-state index is 12.3. The normalized spacial score (nSPS) is 10.0. The van der Waals surface area contributed by atoms with Gasteiger partial charge in [0, 0.05) is 12.1 Å². The first-order valence-electron chi connectivity index (χ1n) is 7.90. The van der Waals surface area contributed by atoms with Crippen molar-refractivity contribution in [1.82, 2.24) is 5.32 Å². The van der Waals surface area contributed by atoms with Crippen molar-refractivity contribution in [3.63, 3.8) is 0 Å². The lowest BCUT2D eigenvalue weighted by atomic mass is 10.1. The van der Waals surface area contributed by atoms with Crippen LogP contribution in [-0.2, 0) is 4.79 Å². The van der Waals surface area contributed by atoms with Gasteiger partial charge in [-0.05, 0) is 30.7 Å². The molecule has 9 heteroatoms. The summed E-state index contributed by atoms with van der Waals surface area (Å²) in [6, 6.07) is 8.94. The third-order valence-electron chi connectivity index (χ3n) is 3.68. The van der Waals surface area contributed by atoms with Crippen LogP contribution in [-0.4, -0.2) is 37.5 Å². The minimum atomic E-state index is -0.665. The highest BCUT2D eigenvalue weighted by molar-refractivity contribution is 6.01. The first-order chi connectivity index (χ1) is 12.8. The molecule has 0 radical (unpaired) electrons. The van der Waals surface area contributed by atoms with E-state index in [2.05, 4.69) is 10.6 Å². The van der Waals surface area contributed by atoms with E-state index in [1.54, 1.807) is 12.1 Å². The first-order valence-corrected chi connectivity index (χ1v) is 7.90. The molecule has 0 aliphatic heterocycles. The molecule has 2 rings (SSSR count). The Kier molecular flexibility index (Phi) is 6.32. The number of amides is 2. The summed E-state index contributed by atoms with van der Waals surface area (Å²) in [4.78, 5) is 34.7. The van der Waals surface area contributed by atoms with E-state index in [1.807, 2.05) is 13.0 Å². The van der Waals surface area contributed by atoms with Crippen LogP contribution in [0.1, 0.15) is 15.9 Å². The van der Waals surface area contributed by atoms with Crippen LogP contribution < -0.4 is 20.1 Å². The highest BCUT2D eigenvalue weighted by Crippen LogP contribution is 2.25. The molecule has 9 nitrogen and oxygen atoms in total. The molecule has 2 N–H and O–H groups in total. The lowest BCUT2D eigenvalue weighted by molar-refractivity contribution is -0.384. The van der Waals surface area contributed by atoms with E-state index in [0.29, 0.717) is 11.4 Å². The Morgan fingerprint density at radius 1 is 1.07 bits per heavy atom. The lowest BCUT2D eigenvalue weighted by Gasteiger charge is -2.12. The van der Waals surface area contributed by atoms with E-state index in [4.69, 9.17) is 9.47 Å². The Bertz CT molecular complexity index is 881. The van der Waals surface area contributed by atoms with Crippen LogP contribution in [0.4, 0.5) is 11.4 Å². The Morgan fingerprint density at radius 2 is 1.74 bits per heavy atom. The van der Waals surface area contributed by atoms with Gasteiger partial charge in [-0.25, -0.2) is 0 Å². The molecule has 0 bridgehead atoms. The van der Waals surface area contributed by atoms with Gasteiger partial charge in [0.15, 0.2) is 0 Å². The number of carbonyl (C=O) groups is 2. The standard InChI is InChI=1S/C18H19N3O6/c1-11-4-6-16(27-3)14(8-11)20-17(22)10-19-18(23)13-9-12(21(24)25)5-7-15(13)26-2/h4-9H,10H2,1-3H3,(H,19,23)(H,20,22). The van der Waals surface area contributed by atoms with E-state index in [-0.39, 0.29) is 23.5 Å². The molecule has 0 unspecified atom stereocenters. The number of non-ortho nitro benzene ring substituents is 1. The molecule has 0 fully saturated rings. The number of methoxy groups -OCH3 is 2. The van der Waals surface area contributed by atoms with E-state index < -0.39 is 16.7 Å². The highest BCUT2D eigenvalue weighted by atomic mass is 16.6. The van der Waals surface area contributed by atoms with Gasteiger partial charge < -0.3 is 20.1 Å². The predicted molar refractivity (Wildman–Crippen MR) is 98.3 cm³/mol. The summed E-state index contributed by atoms with van der Waals surface area (Å²) in [5.74, 6) is -0.488. The topological polar surface area (TPSA) is 120 Å². The summed E-state index contributed by atoms with van der Waals surface area (Å²) in [6.07, 6.45) is 0. The van der Waals surface area contributed by atoms with E-state index >= 15 is 0 Å². The van der Waals surface area contributed by atoms with Gasteiger partial charge in [0.2, 0.25) is 5.91 Å². The van der Waals surface area contributed by atoms with Crippen LogP contribution in [0.15, 0.2) is 36.4 Å². The molecule has 2 amide bonds. The van der Waals surface area contributed by atoms with Gasteiger partial charge in [-0.1, -0.05) is 6.07 Å². The van der Waals surface area contributed by atoms with Gasteiger partial charge in [-0.3, -0.25) is 19.7 Å². The number of rotatable bonds is 7. The Balaban J connectivity index is 2.07. The van der Waals surface area contributed by atoms with Crippen LogP contribution >= 0.6 is 0 Å². The van der Waals surface area contributed by atoms with Gasteiger partial charge >= 0.3 is 0 Å². The summed E-state index contributed by atoms with van der Waals surface area (Å²) < 4.78 is 10.2. The molecule has 27 heavy (non-hydrogen) atoms.